The number of carbonyl (C=O) groups is 2. The largest absolute Gasteiger partial charge is 0.481 e. The van der Waals surface area contributed by atoms with E-state index in [-0.39, 0.29) is 18.8 Å². The molecule has 0 aromatic rings. The third-order valence-corrected chi connectivity index (χ3v) is 4.72. The van der Waals surface area contributed by atoms with Crippen LogP contribution in [0.3, 0.4) is 0 Å². The molecule has 0 radical (unpaired) electrons. The molecule has 0 bridgehead atoms. The van der Waals surface area contributed by atoms with Crippen molar-refractivity contribution in [1.29, 1.82) is 0 Å². The van der Waals surface area contributed by atoms with Crippen molar-refractivity contribution in [1.82, 2.24) is 0 Å². The van der Waals surface area contributed by atoms with Crippen LogP contribution >= 0.6 is 0 Å². The average Bonchev–Trinajstić information content (AvgIpc) is 2.80. The summed E-state index contributed by atoms with van der Waals surface area (Å²) in [5, 5.41) is 19.1. The molecule has 2 atom stereocenters. The number of carboxylic acids is 2. The predicted molar refractivity (Wildman–Crippen MR) is 69.3 cm³/mol. The summed E-state index contributed by atoms with van der Waals surface area (Å²) in [6.07, 6.45) is 5.68. The first-order valence-corrected chi connectivity index (χ1v) is 6.74. The molecular weight excluding hydrogens is 246 g/mol. The maximum absolute atomic E-state index is 11.8. The van der Waals surface area contributed by atoms with Gasteiger partial charge in [-0.2, -0.15) is 0 Å². The van der Waals surface area contributed by atoms with E-state index in [1.165, 1.54) is 0 Å². The van der Waals surface area contributed by atoms with Crippen LogP contribution in [0.15, 0.2) is 11.8 Å². The van der Waals surface area contributed by atoms with Gasteiger partial charge in [-0.15, -0.1) is 0 Å². The summed E-state index contributed by atoms with van der Waals surface area (Å²) in [6.45, 7) is 1.60. The van der Waals surface area contributed by atoms with E-state index in [0.29, 0.717) is 5.70 Å². The zero-order valence-corrected chi connectivity index (χ0v) is 11.2. The molecule has 106 valence electrons. The summed E-state index contributed by atoms with van der Waals surface area (Å²) in [6, 6.07) is 0. The molecule has 1 saturated carbocycles. The van der Waals surface area contributed by atoms with Gasteiger partial charge in [0, 0.05) is 12.1 Å². The molecule has 2 unspecified atom stereocenters. The van der Waals surface area contributed by atoms with Gasteiger partial charge in [0.15, 0.2) is 0 Å². The van der Waals surface area contributed by atoms with Gasteiger partial charge >= 0.3 is 11.9 Å². The highest BCUT2D eigenvalue weighted by molar-refractivity contribution is 5.82. The van der Waals surface area contributed by atoms with Gasteiger partial charge in [-0.3, -0.25) is 9.59 Å². The molecule has 0 heterocycles. The summed E-state index contributed by atoms with van der Waals surface area (Å²) in [5.41, 5.74) is 4.07. The van der Waals surface area contributed by atoms with Gasteiger partial charge in [-0.1, -0.05) is 12.8 Å². The topological polar surface area (TPSA) is 101 Å². The van der Waals surface area contributed by atoms with Gasteiger partial charge in [0.2, 0.25) is 0 Å². The van der Waals surface area contributed by atoms with E-state index in [2.05, 4.69) is 0 Å². The lowest BCUT2D eigenvalue weighted by Crippen LogP contribution is -2.47. The fraction of sp³-hybridized carbons (Fsp3) is 0.714. The van der Waals surface area contributed by atoms with Crippen molar-refractivity contribution >= 4 is 11.9 Å². The van der Waals surface area contributed by atoms with Gasteiger partial charge < -0.3 is 15.9 Å². The number of hydrogen-bond donors (Lipinski definition) is 3. The Kier molecular flexibility index (Phi) is 3.32. The zero-order valence-electron chi connectivity index (χ0n) is 11.2. The molecule has 1 fully saturated rings. The Hall–Kier alpha value is -1.52. The molecule has 0 aromatic heterocycles. The first-order chi connectivity index (χ1) is 8.80. The van der Waals surface area contributed by atoms with E-state index < -0.39 is 22.8 Å². The van der Waals surface area contributed by atoms with Crippen LogP contribution in [-0.4, -0.2) is 22.2 Å². The number of allylic oxidation sites excluding steroid dienone is 1. The van der Waals surface area contributed by atoms with Crippen LogP contribution in [0.4, 0.5) is 0 Å². The number of carboxylic acid groups (broad SMARTS) is 2. The molecule has 0 aromatic carbocycles. The first-order valence-electron chi connectivity index (χ1n) is 6.74. The Morgan fingerprint density at radius 1 is 1.26 bits per heavy atom. The summed E-state index contributed by atoms with van der Waals surface area (Å²) in [5.74, 6) is -1.90. The summed E-state index contributed by atoms with van der Waals surface area (Å²) < 4.78 is 0. The van der Waals surface area contributed by atoms with Crippen molar-refractivity contribution in [2.24, 2.45) is 22.5 Å². The molecule has 4 N–H and O–H groups in total. The minimum Gasteiger partial charge on any atom is -0.481 e. The smallest absolute Gasteiger partial charge is 0.313 e. The third kappa shape index (κ3) is 2.22. The van der Waals surface area contributed by atoms with Crippen LogP contribution < -0.4 is 5.73 Å². The van der Waals surface area contributed by atoms with Gasteiger partial charge in [0.1, 0.15) is 0 Å². The number of aliphatic carboxylic acids is 2. The molecule has 5 nitrogen and oxygen atoms in total. The summed E-state index contributed by atoms with van der Waals surface area (Å²) in [4.78, 5) is 23.3. The van der Waals surface area contributed by atoms with Crippen LogP contribution in [0.25, 0.3) is 0 Å². The predicted octanol–water partition coefficient (Wildman–Crippen LogP) is 1.97. The third-order valence-electron chi connectivity index (χ3n) is 4.72. The lowest BCUT2D eigenvalue weighted by atomic mass is 9.60. The van der Waals surface area contributed by atoms with E-state index in [0.717, 1.165) is 25.7 Å². The summed E-state index contributed by atoms with van der Waals surface area (Å²) >= 11 is 0. The second kappa shape index (κ2) is 4.54. The van der Waals surface area contributed by atoms with Crippen LogP contribution in [0.2, 0.25) is 0 Å². The van der Waals surface area contributed by atoms with Gasteiger partial charge in [0.25, 0.3) is 0 Å². The Morgan fingerprint density at radius 2 is 1.84 bits per heavy atom. The van der Waals surface area contributed by atoms with E-state index in [1.807, 2.05) is 0 Å². The molecule has 19 heavy (non-hydrogen) atoms. The Balaban J connectivity index is 2.45. The monoisotopic (exact) mass is 267 g/mol. The molecule has 2 aliphatic carbocycles. The van der Waals surface area contributed by atoms with Crippen LogP contribution in [-0.2, 0) is 9.59 Å². The lowest BCUT2D eigenvalue weighted by molar-refractivity contribution is -0.158. The Bertz CT molecular complexity index is 439. The fourth-order valence-electron chi connectivity index (χ4n) is 3.76. The van der Waals surface area contributed by atoms with Gasteiger partial charge in [-0.05, 0) is 38.2 Å². The van der Waals surface area contributed by atoms with Gasteiger partial charge in [0.05, 0.1) is 10.8 Å². The van der Waals surface area contributed by atoms with E-state index in [4.69, 9.17) is 5.73 Å². The van der Waals surface area contributed by atoms with Crippen molar-refractivity contribution in [2.45, 2.75) is 45.4 Å². The van der Waals surface area contributed by atoms with Crippen molar-refractivity contribution in [2.75, 3.05) is 0 Å². The zero-order chi connectivity index (χ0) is 14.3. The van der Waals surface area contributed by atoms with E-state index in [9.17, 15) is 19.8 Å². The van der Waals surface area contributed by atoms with Crippen LogP contribution in [0, 0.1) is 16.7 Å². The molecule has 2 rings (SSSR count). The maximum Gasteiger partial charge on any atom is 0.313 e. The second-order valence-corrected chi connectivity index (χ2v) is 6.27. The molecule has 0 aliphatic heterocycles. The van der Waals surface area contributed by atoms with Gasteiger partial charge in [-0.25, -0.2) is 0 Å². The molecule has 0 amide bonds. The lowest BCUT2D eigenvalue weighted by Gasteiger charge is -2.42. The highest BCUT2D eigenvalue weighted by Gasteiger charge is 2.54. The molecular formula is C14H21NO4. The number of nitrogens with two attached hydrogens (primary N) is 1. The Labute approximate surface area is 112 Å². The summed E-state index contributed by atoms with van der Waals surface area (Å²) in [7, 11) is 0. The average molecular weight is 267 g/mol. The van der Waals surface area contributed by atoms with Crippen LogP contribution in [0.5, 0.6) is 0 Å². The fourth-order valence-corrected chi connectivity index (χ4v) is 3.76. The normalized spacial score (nSPS) is 35.9. The number of hydrogen-bond acceptors (Lipinski definition) is 3. The van der Waals surface area contributed by atoms with Crippen molar-refractivity contribution < 1.29 is 19.8 Å². The van der Waals surface area contributed by atoms with Crippen molar-refractivity contribution in [3.8, 4) is 0 Å². The highest BCUT2D eigenvalue weighted by atomic mass is 16.4. The Morgan fingerprint density at radius 3 is 2.32 bits per heavy atom. The molecule has 2 aliphatic rings. The van der Waals surface area contributed by atoms with Crippen LogP contribution in [0.1, 0.15) is 45.4 Å². The molecule has 0 saturated heterocycles. The molecule has 5 heteroatoms. The minimum atomic E-state index is -1.11. The second-order valence-electron chi connectivity index (χ2n) is 6.27. The molecule has 0 spiro atoms. The SMILES string of the molecule is CC1(C(=O)O)CC(N)=CC(C(=O)O)(C2CCCC2)C1. The van der Waals surface area contributed by atoms with E-state index >= 15 is 0 Å². The van der Waals surface area contributed by atoms with Crippen molar-refractivity contribution in [3.63, 3.8) is 0 Å². The minimum absolute atomic E-state index is 0.00234. The van der Waals surface area contributed by atoms with Crippen molar-refractivity contribution in [3.05, 3.63) is 11.8 Å². The highest BCUT2D eigenvalue weighted by Crippen LogP contribution is 2.52. The quantitative estimate of drug-likeness (QED) is 0.725. The standard InChI is InChI=1S/C14H21NO4/c1-13(11(16)17)6-10(15)7-14(8-13,12(18)19)9-4-2-3-5-9/h7,9H,2-6,8,15H2,1H3,(H,16,17)(H,18,19). The van der Waals surface area contributed by atoms with E-state index in [1.54, 1.807) is 13.0 Å². The maximum atomic E-state index is 11.8. The first kappa shape index (κ1) is 13.9. The number of rotatable bonds is 3.